The fraction of sp³-hybridized carbons (Fsp3) is 0.333. The second-order valence-electron chi connectivity index (χ2n) is 6.70. The third-order valence-electron chi connectivity index (χ3n) is 4.97. The molecular weight excluding hydrogens is 324 g/mol. The van der Waals surface area contributed by atoms with Crippen LogP contribution in [0.25, 0.3) is 0 Å². The number of nitrogens with zero attached hydrogens (tertiary/aromatic N) is 4. The van der Waals surface area contributed by atoms with Gasteiger partial charge in [-0.3, -0.25) is 0 Å². The summed E-state index contributed by atoms with van der Waals surface area (Å²) in [7, 11) is 0. The molecule has 5 heteroatoms. The molecule has 0 aliphatic carbocycles. The first kappa shape index (κ1) is 16.8. The molecule has 2 heterocycles. The zero-order valence-corrected chi connectivity index (χ0v) is 15.3. The number of rotatable bonds is 5. The fourth-order valence-corrected chi connectivity index (χ4v) is 3.37. The first-order valence-electron chi connectivity index (χ1n) is 9.16. The first-order chi connectivity index (χ1) is 12.7. The van der Waals surface area contributed by atoms with Gasteiger partial charge in [0, 0.05) is 12.2 Å². The second-order valence-corrected chi connectivity index (χ2v) is 6.70. The average molecular weight is 348 g/mol. The molecule has 1 aromatic heterocycles. The summed E-state index contributed by atoms with van der Waals surface area (Å²) < 4.78 is 7.85. The lowest BCUT2D eigenvalue weighted by molar-refractivity contribution is 0.110. The van der Waals surface area contributed by atoms with Crippen LogP contribution in [0.2, 0.25) is 0 Å². The van der Waals surface area contributed by atoms with Gasteiger partial charge in [0.25, 0.3) is 0 Å². The average Bonchev–Trinajstić information content (AvgIpc) is 3.33. The lowest BCUT2D eigenvalue weighted by Crippen LogP contribution is -2.23. The van der Waals surface area contributed by atoms with E-state index in [-0.39, 0.29) is 6.23 Å². The van der Waals surface area contributed by atoms with Gasteiger partial charge >= 0.3 is 0 Å². The van der Waals surface area contributed by atoms with Crippen LogP contribution in [-0.2, 0) is 17.7 Å². The van der Waals surface area contributed by atoms with Crippen molar-refractivity contribution in [3.63, 3.8) is 0 Å². The van der Waals surface area contributed by atoms with E-state index in [1.54, 1.807) is 0 Å². The Hall–Kier alpha value is -2.66. The van der Waals surface area contributed by atoms with Gasteiger partial charge in [-0.2, -0.15) is 0 Å². The highest BCUT2D eigenvalue weighted by molar-refractivity contribution is 5.49. The molecule has 0 bridgehead atoms. The van der Waals surface area contributed by atoms with Crippen molar-refractivity contribution in [1.82, 2.24) is 15.0 Å². The molecule has 1 aliphatic rings. The van der Waals surface area contributed by atoms with Crippen LogP contribution < -0.4 is 4.90 Å². The molecule has 0 saturated carbocycles. The van der Waals surface area contributed by atoms with Gasteiger partial charge in [-0.25, -0.2) is 4.68 Å². The van der Waals surface area contributed by atoms with Gasteiger partial charge in [0.1, 0.15) is 5.69 Å². The minimum absolute atomic E-state index is 0.173. The molecule has 1 fully saturated rings. The van der Waals surface area contributed by atoms with Gasteiger partial charge < -0.3 is 9.64 Å². The molecular formula is C21H24N4O. The number of aryl methyl sites for hydroxylation is 2. The standard InChI is InChI=1S/C21H24N4O/c1-3-17-8-10-19(11-9-17)25-12-13-26-21(25)20-15-24(23-22-20)14-18-7-5-4-6-16(18)2/h4-11,15,21H,3,12-14H2,1-2H3/t21-/m0/s1. The number of hydrogen-bond acceptors (Lipinski definition) is 4. The van der Waals surface area contributed by atoms with Crippen LogP contribution >= 0.6 is 0 Å². The lowest BCUT2D eigenvalue weighted by atomic mass is 10.1. The number of anilines is 1. The van der Waals surface area contributed by atoms with Gasteiger partial charge in [0.2, 0.25) is 0 Å². The zero-order valence-electron chi connectivity index (χ0n) is 15.3. The highest BCUT2D eigenvalue weighted by Crippen LogP contribution is 2.31. The zero-order chi connectivity index (χ0) is 17.9. The summed E-state index contributed by atoms with van der Waals surface area (Å²) in [5.74, 6) is 0. The van der Waals surface area contributed by atoms with E-state index < -0.39 is 0 Å². The summed E-state index contributed by atoms with van der Waals surface area (Å²) in [6, 6.07) is 17.1. The summed E-state index contributed by atoms with van der Waals surface area (Å²) in [5.41, 5.74) is 5.88. The molecule has 26 heavy (non-hydrogen) atoms. The van der Waals surface area contributed by atoms with Crippen LogP contribution in [-0.4, -0.2) is 28.1 Å². The third-order valence-corrected chi connectivity index (χ3v) is 4.97. The molecule has 1 atom stereocenters. The SMILES string of the molecule is CCc1ccc(N2CCO[C@H]2c2cn(Cc3ccccc3C)nn2)cc1. The topological polar surface area (TPSA) is 43.2 Å². The van der Waals surface area contributed by atoms with Crippen molar-refractivity contribution < 1.29 is 4.74 Å². The van der Waals surface area contributed by atoms with Gasteiger partial charge in [-0.05, 0) is 42.2 Å². The summed E-state index contributed by atoms with van der Waals surface area (Å²) in [6.07, 6.45) is 2.87. The largest absolute Gasteiger partial charge is 0.350 e. The normalized spacial score (nSPS) is 17.0. The van der Waals surface area contributed by atoms with Crippen LogP contribution in [0.4, 0.5) is 5.69 Å². The maximum absolute atomic E-state index is 5.96. The lowest BCUT2D eigenvalue weighted by Gasteiger charge is -2.23. The van der Waals surface area contributed by atoms with E-state index >= 15 is 0 Å². The molecule has 134 valence electrons. The van der Waals surface area contributed by atoms with Gasteiger partial charge in [0.15, 0.2) is 6.23 Å². The van der Waals surface area contributed by atoms with E-state index in [9.17, 15) is 0 Å². The summed E-state index contributed by atoms with van der Waals surface area (Å²) in [5, 5.41) is 8.69. The number of ether oxygens (including phenoxy) is 1. The summed E-state index contributed by atoms with van der Waals surface area (Å²) >= 11 is 0. The minimum Gasteiger partial charge on any atom is -0.350 e. The Morgan fingerprint density at radius 3 is 2.69 bits per heavy atom. The van der Waals surface area contributed by atoms with Crippen molar-refractivity contribution in [1.29, 1.82) is 0 Å². The number of benzene rings is 2. The minimum atomic E-state index is -0.173. The van der Waals surface area contributed by atoms with E-state index in [4.69, 9.17) is 4.74 Å². The van der Waals surface area contributed by atoms with Crippen molar-refractivity contribution in [2.45, 2.75) is 33.0 Å². The fourth-order valence-electron chi connectivity index (χ4n) is 3.37. The van der Waals surface area contributed by atoms with Crippen molar-refractivity contribution >= 4 is 5.69 Å². The molecule has 0 radical (unpaired) electrons. The van der Waals surface area contributed by atoms with Gasteiger partial charge in [-0.15, -0.1) is 5.10 Å². The quantitative estimate of drug-likeness (QED) is 0.705. The molecule has 0 amide bonds. The van der Waals surface area contributed by atoms with Crippen LogP contribution in [0.1, 0.15) is 35.5 Å². The van der Waals surface area contributed by atoms with Gasteiger partial charge in [-0.1, -0.05) is 48.5 Å². The van der Waals surface area contributed by atoms with Crippen molar-refractivity contribution in [3.05, 3.63) is 77.1 Å². The molecule has 0 N–H and O–H groups in total. The van der Waals surface area contributed by atoms with E-state index in [1.807, 2.05) is 10.9 Å². The Balaban J connectivity index is 1.53. The van der Waals surface area contributed by atoms with E-state index in [0.717, 1.165) is 30.9 Å². The third kappa shape index (κ3) is 3.35. The van der Waals surface area contributed by atoms with E-state index in [0.29, 0.717) is 6.61 Å². The summed E-state index contributed by atoms with van der Waals surface area (Å²) in [4.78, 5) is 2.25. The maximum atomic E-state index is 5.96. The van der Waals surface area contributed by atoms with Crippen molar-refractivity contribution in [2.75, 3.05) is 18.1 Å². The van der Waals surface area contributed by atoms with E-state index in [2.05, 4.69) is 77.6 Å². The molecule has 2 aromatic carbocycles. The van der Waals surface area contributed by atoms with E-state index in [1.165, 1.54) is 16.7 Å². The molecule has 0 unspecified atom stereocenters. The Labute approximate surface area is 154 Å². The van der Waals surface area contributed by atoms with Crippen molar-refractivity contribution in [2.24, 2.45) is 0 Å². The van der Waals surface area contributed by atoms with Gasteiger partial charge in [0.05, 0.1) is 19.3 Å². The Morgan fingerprint density at radius 1 is 1.12 bits per heavy atom. The van der Waals surface area contributed by atoms with Crippen molar-refractivity contribution in [3.8, 4) is 0 Å². The van der Waals surface area contributed by atoms with Crippen LogP contribution in [0.5, 0.6) is 0 Å². The Kier molecular flexibility index (Phi) is 4.71. The number of hydrogen-bond donors (Lipinski definition) is 0. The highest BCUT2D eigenvalue weighted by atomic mass is 16.5. The Morgan fingerprint density at radius 2 is 1.92 bits per heavy atom. The van der Waals surface area contributed by atoms with Crippen LogP contribution in [0, 0.1) is 6.92 Å². The monoisotopic (exact) mass is 348 g/mol. The predicted molar refractivity (Wildman–Crippen MR) is 102 cm³/mol. The maximum Gasteiger partial charge on any atom is 0.177 e. The predicted octanol–water partition coefficient (Wildman–Crippen LogP) is 3.73. The molecule has 4 rings (SSSR count). The first-order valence-corrected chi connectivity index (χ1v) is 9.16. The summed E-state index contributed by atoms with van der Waals surface area (Å²) in [6.45, 7) is 6.57. The molecule has 1 saturated heterocycles. The Bertz CT molecular complexity index is 872. The second kappa shape index (κ2) is 7.30. The number of aromatic nitrogens is 3. The highest BCUT2D eigenvalue weighted by Gasteiger charge is 2.29. The molecule has 0 spiro atoms. The molecule has 1 aliphatic heterocycles. The smallest absolute Gasteiger partial charge is 0.177 e. The molecule has 3 aromatic rings. The molecule has 5 nitrogen and oxygen atoms in total. The van der Waals surface area contributed by atoms with Crippen LogP contribution in [0.15, 0.2) is 54.7 Å². The van der Waals surface area contributed by atoms with Crippen LogP contribution in [0.3, 0.4) is 0 Å².